The minimum absolute atomic E-state index is 0.0168. The van der Waals surface area contributed by atoms with E-state index >= 15 is 0 Å². The molecule has 38 heavy (non-hydrogen) atoms. The van der Waals surface area contributed by atoms with Gasteiger partial charge in [-0.3, -0.25) is 14.7 Å². The molecule has 196 valence electrons. The quantitative estimate of drug-likeness (QED) is 0.317. The second-order valence-electron chi connectivity index (χ2n) is 10.4. The average Bonchev–Trinajstić information content (AvgIpc) is 3.69. The van der Waals surface area contributed by atoms with Crippen LogP contribution in [0, 0.1) is 11.8 Å². The Balaban J connectivity index is 1.33. The molecular formula is C30H30N2O6. The third-order valence-electron chi connectivity index (χ3n) is 7.78. The standard InChI is InChI=1S/C30H30N2O6/c1-18-4-6-21(7-5-18)28(33)32(22-12-14-36-17-22)29-23(30(34)35)15-26(38-29)19-8-10-20(11-9-19)27-16-24-25(37-27)3-2-13-31-24/h2-3,8-11,13,15-16,18,21-22H,4-7,12,14,17H2,1H3,(H,34,35). The lowest BCUT2D eigenvalue weighted by molar-refractivity contribution is -0.124. The molecule has 1 aliphatic heterocycles. The molecular weight excluding hydrogens is 484 g/mol. The second-order valence-corrected chi connectivity index (χ2v) is 10.4. The Kier molecular flexibility index (Phi) is 6.49. The van der Waals surface area contributed by atoms with Crippen LogP contribution in [0.3, 0.4) is 0 Å². The molecule has 1 aliphatic carbocycles. The van der Waals surface area contributed by atoms with Crippen molar-refractivity contribution in [1.82, 2.24) is 4.98 Å². The van der Waals surface area contributed by atoms with Gasteiger partial charge in [0, 0.05) is 42.0 Å². The minimum Gasteiger partial charge on any atom is -0.477 e. The lowest BCUT2D eigenvalue weighted by atomic mass is 9.82. The monoisotopic (exact) mass is 514 g/mol. The molecule has 1 amide bonds. The van der Waals surface area contributed by atoms with E-state index in [1.54, 1.807) is 11.1 Å². The normalized spacial score (nSPS) is 21.6. The topological polar surface area (TPSA) is 106 Å². The lowest BCUT2D eigenvalue weighted by Crippen LogP contribution is -2.45. The second kappa shape index (κ2) is 10.1. The van der Waals surface area contributed by atoms with Crippen molar-refractivity contribution in [3.8, 4) is 22.6 Å². The van der Waals surface area contributed by atoms with Gasteiger partial charge in [0.05, 0.1) is 12.6 Å². The van der Waals surface area contributed by atoms with Crippen molar-refractivity contribution in [3.05, 3.63) is 60.3 Å². The van der Waals surface area contributed by atoms with Crippen molar-refractivity contribution < 1.29 is 28.3 Å². The predicted molar refractivity (Wildman–Crippen MR) is 142 cm³/mol. The average molecular weight is 515 g/mol. The van der Waals surface area contributed by atoms with Crippen LogP contribution in [-0.2, 0) is 9.53 Å². The maximum atomic E-state index is 13.8. The zero-order valence-corrected chi connectivity index (χ0v) is 21.3. The molecule has 1 saturated carbocycles. The van der Waals surface area contributed by atoms with E-state index in [-0.39, 0.29) is 29.3 Å². The molecule has 1 aromatic carbocycles. The Bertz CT molecular complexity index is 1420. The maximum Gasteiger partial charge on any atom is 0.341 e. The highest BCUT2D eigenvalue weighted by molar-refractivity contribution is 6.02. The fourth-order valence-electron chi connectivity index (χ4n) is 5.54. The number of rotatable bonds is 6. The molecule has 1 saturated heterocycles. The molecule has 3 aromatic heterocycles. The van der Waals surface area contributed by atoms with Crippen molar-refractivity contribution in [2.45, 2.75) is 45.1 Å². The first-order valence-corrected chi connectivity index (χ1v) is 13.2. The largest absolute Gasteiger partial charge is 0.477 e. The molecule has 1 N–H and O–H groups in total. The van der Waals surface area contributed by atoms with E-state index in [4.69, 9.17) is 13.6 Å². The van der Waals surface area contributed by atoms with Crippen LogP contribution in [-0.4, -0.2) is 41.2 Å². The summed E-state index contributed by atoms with van der Waals surface area (Å²) in [5.41, 5.74) is 3.04. The molecule has 0 radical (unpaired) electrons. The number of anilines is 1. The number of furan rings is 2. The van der Waals surface area contributed by atoms with Crippen LogP contribution in [0.4, 0.5) is 5.88 Å². The Labute approximate surface area is 220 Å². The van der Waals surface area contributed by atoms with Gasteiger partial charge in [0.15, 0.2) is 5.58 Å². The van der Waals surface area contributed by atoms with E-state index < -0.39 is 5.97 Å². The fourth-order valence-corrected chi connectivity index (χ4v) is 5.54. The molecule has 1 unspecified atom stereocenters. The van der Waals surface area contributed by atoms with E-state index in [1.165, 1.54) is 6.07 Å². The number of nitrogens with zero attached hydrogens (tertiary/aromatic N) is 2. The molecule has 4 heterocycles. The summed E-state index contributed by atoms with van der Waals surface area (Å²) in [6.07, 6.45) is 5.96. The van der Waals surface area contributed by atoms with E-state index in [9.17, 15) is 14.7 Å². The summed E-state index contributed by atoms with van der Waals surface area (Å²) in [6.45, 7) is 3.11. The summed E-state index contributed by atoms with van der Waals surface area (Å²) in [5, 5.41) is 10.1. The van der Waals surface area contributed by atoms with Gasteiger partial charge in [-0.1, -0.05) is 31.2 Å². The molecule has 8 nitrogen and oxygen atoms in total. The number of aromatic carboxylic acids is 1. The van der Waals surface area contributed by atoms with Gasteiger partial charge >= 0.3 is 5.97 Å². The van der Waals surface area contributed by atoms with Crippen molar-refractivity contribution in [1.29, 1.82) is 0 Å². The third kappa shape index (κ3) is 4.60. The van der Waals surface area contributed by atoms with Gasteiger partial charge in [0.1, 0.15) is 22.6 Å². The summed E-state index contributed by atoms with van der Waals surface area (Å²) in [4.78, 5) is 32.0. The number of fused-ring (bicyclic) bond motifs is 1. The molecule has 0 bridgehead atoms. The Morgan fingerprint density at radius 2 is 1.66 bits per heavy atom. The van der Waals surface area contributed by atoms with Crippen LogP contribution in [0.25, 0.3) is 33.7 Å². The van der Waals surface area contributed by atoms with Gasteiger partial charge in [-0.2, -0.15) is 0 Å². The number of carbonyl (C=O) groups is 2. The van der Waals surface area contributed by atoms with Gasteiger partial charge in [-0.15, -0.1) is 0 Å². The van der Waals surface area contributed by atoms with Crippen LogP contribution in [0.2, 0.25) is 0 Å². The van der Waals surface area contributed by atoms with Crippen LogP contribution in [0.1, 0.15) is 49.4 Å². The fraction of sp³-hybridized carbons (Fsp3) is 0.367. The van der Waals surface area contributed by atoms with Gasteiger partial charge in [-0.25, -0.2) is 4.79 Å². The number of carbonyl (C=O) groups excluding carboxylic acids is 1. The number of ether oxygens (including phenoxy) is 1. The summed E-state index contributed by atoms with van der Waals surface area (Å²) >= 11 is 0. The minimum atomic E-state index is -1.13. The number of benzene rings is 1. The molecule has 1 atom stereocenters. The van der Waals surface area contributed by atoms with Crippen molar-refractivity contribution >= 4 is 28.9 Å². The first-order chi connectivity index (χ1) is 18.5. The van der Waals surface area contributed by atoms with Crippen LogP contribution in [0.15, 0.2) is 63.6 Å². The molecule has 2 aliphatic rings. The number of carboxylic acids is 1. The summed E-state index contributed by atoms with van der Waals surface area (Å²) in [7, 11) is 0. The smallest absolute Gasteiger partial charge is 0.341 e. The summed E-state index contributed by atoms with van der Waals surface area (Å²) in [6, 6.07) is 14.4. The molecule has 2 fully saturated rings. The number of aromatic nitrogens is 1. The van der Waals surface area contributed by atoms with E-state index in [0.29, 0.717) is 48.2 Å². The van der Waals surface area contributed by atoms with Gasteiger partial charge in [0.2, 0.25) is 11.8 Å². The molecule has 6 rings (SSSR count). The Morgan fingerprint density at radius 3 is 2.29 bits per heavy atom. The van der Waals surface area contributed by atoms with Crippen LogP contribution >= 0.6 is 0 Å². The van der Waals surface area contributed by atoms with E-state index in [2.05, 4.69) is 11.9 Å². The number of carboxylic acid groups (broad SMARTS) is 1. The van der Waals surface area contributed by atoms with Crippen molar-refractivity contribution in [2.24, 2.45) is 11.8 Å². The van der Waals surface area contributed by atoms with Gasteiger partial charge in [-0.05, 0) is 50.2 Å². The van der Waals surface area contributed by atoms with Crippen molar-refractivity contribution in [3.63, 3.8) is 0 Å². The number of hydrogen-bond acceptors (Lipinski definition) is 6. The SMILES string of the molecule is CC1CCC(C(=O)N(c2oc(-c3ccc(-c4cc5ncccc5o4)cc3)cc2C(=O)O)C2CCOC2)CC1. The zero-order chi connectivity index (χ0) is 26.2. The first-order valence-electron chi connectivity index (χ1n) is 13.2. The molecule has 8 heteroatoms. The Morgan fingerprint density at radius 1 is 0.947 bits per heavy atom. The Hall–Kier alpha value is -3.91. The first kappa shape index (κ1) is 24.4. The number of hydrogen-bond donors (Lipinski definition) is 1. The van der Waals surface area contributed by atoms with Gasteiger partial charge in [0.25, 0.3) is 0 Å². The van der Waals surface area contributed by atoms with E-state index in [0.717, 1.165) is 36.8 Å². The predicted octanol–water partition coefficient (Wildman–Crippen LogP) is 6.40. The number of pyridine rings is 1. The highest BCUT2D eigenvalue weighted by atomic mass is 16.5. The van der Waals surface area contributed by atoms with Crippen LogP contribution in [0.5, 0.6) is 0 Å². The number of amides is 1. The third-order valence-corrected chi connectivity index (χ3v) is 7.78. The molecule has 4 aromatic rings. The van der Waals surface area contributed by atoms with Crippen molar-refractivity contribution in [2.75, 3.05) is 18.1 Å². The summed E-state index contributed by atoms with van der Waals surface area (Å²) < 4.78 is 17.7. The van der Waals surface area contributed by atoms with E-state index in [1.807, 2.05) is 42.5 Å². The molecule has 0 spiro atoms. The highest BCUT2D eigenvalue weighted by Crippen LogP contribution is 2.38. The van der Waals surface area contributed by atoms with Gasteiger partial charge < -0.3 is 18.7 Å². The summed E-state index contributed by atoms with van der Waals surface area (Å²) in [5.74, 6) is 0.449. The maximum absolute atomic E-state index is 13.8. The highest BCUT2D eigenvalue weighted by Gasteiger charge is 2.38. The lowest BCUT2D eigenvalue weighted by Gasteiger charge is -2.33. The zero-order valence-electron chi connectivity index (χ0n) is 21.3. The van der Waals surface area contributed by atoms with Crippen LogP contribution < -0.4 is 4.90 Å².